The lowest BCUT2D eigenvalue weighted by Crippen LogP contribution is -2.37. The molecule has 5 heteroatoms. The van der Waals surface area contributed by atoms with E-state index < -0.39 is 12.1 Å². The van der Waals surface area contributed by atoms with Crippen LogP contribution in [0.2, 0.25) is 0 Å². The molecule has 4 nitrogen and oxygen atoms in total. The maximum Gasteiger partial charge on any atom is 0.349 e. The van der Waals surface area contributed by atoms with E-state index in [2.05, 4.69) is 5.32 Å². The average Bonchev–Trinajstić information content (AvgIpc) is 3.20. The molecular weight excluding hydrogens is 310 g/mol. The Balaban J connectivity index is 1.71. The van der Waals surface area contributed by atoms with Crippen molar-refractivity contribution in [2.24, 2.45) is 0 Å². The van der Waals surface area contributed by atoms with Gasteiger partial charge in [-0.3, -0.25) is 4.79 Å². The Hall–Kier alpha value is -2.14. The summed E-state index contributed by atoms with van der Waals surface area (Å²) in [6.45, 7) is 3.63. The molecule has 1 heterocycles. The maximum atomic E-state index is 12.4. The summed E-state index contributed by atoms with van der Waals surface area (Å²) in [7, 11) is 0. The largest absolute Gasteiger partial charge is 0.448 e. The molecular formula is C18H19NO3S. The standard InChI is InChI=1S/C18H19NO3S/c1-11-3-5-13(6-4-11)15-9-10-23-16(15)18(21)22-12(2)17(20)19-14-7-8-14/h3-6,9-10,12,14H,7-8H2,1-2H3,(H,19,20)/t12-/m1/s1. The fraction of sp³-hybridized carbons (Fsp3) is 0.333. The molecule has 0 radical (unpaired) electrons. The zero-order chi connectivity index (χ0) is 16.4. The van der Waals surface area contributed by atoms with Crippen LogP contribution in [0.1, 0.15) is 35.0 Å². The molecule has 1 aliphatic carbocycles. The van der Waals surface area contributed by atoms with Gasteiger partial charge in [0.05, 0.1) is 0 Å². The van der Waals surface area contributed by atoms with Crippen molar-refractivity contribution in [1.29, 1.82) is 0 Å². The lowest BCUT2D eigenvalue weighted by molar-refractivity contribution is -0.129. The van der Waals surface area contributed by atoms with Gasteiger partial charge in [0.25, 0.3) is 5.91 Å². The summed E-state index contributed by atoms with van der Waals surface area (Å²) < 4.78 is 5.33. The number of esters is 1. The average molecular weight is 329 g/mol. The molecule has 0 saturated heterocycles. The molecule has 120 valence electrons. The van der Waals surface area contributed by atoms with Crippen LogP contribution >= 0.6 is 11.3 Å². The number of hydrogen-bond acceptors (Lipinski definition) is 4. The van der Waals surface area contributed by atoms with Crippen LogP contribution in [0.3, 0.4) is 0 Å². The number of carbonyl (C=O) groups is 2. The molecule has 1 fully saturated rings. The highest BCUT2D eigenvalue weighted by atomic mass is 32.1. The molecule has 23 heavy (non-hydrogen) atoms. The van der Waals surface area contributed by atoms with Crippen LogP contribution in [-0.4, -0.2) is 24.0 Å². The van der Waals surface area contributed by atoms with Crippen LogP contribution < -0.4 is 5.32 Å². The van der Waals surface area contributed by atoms with Crippen LogP contribution in [0.4, 0.5) is 0 Å². The van der Waals surface area contributed by atoms with Gasteiger partial charge in [-0.25, -0.2) is 4.79 Å². The molecule has 1 aromatic heterocycles. The first-order chi connectivity index (χ1) is 11.0. The SMILES string of the molecule is Cc1ccc(-c2ccsc2C(=O)O[C@H](C)C(=O)NC2CC2)cc1. The first kappa shape index (κ1) is 15.7. The smallest absolute Gasteiger partial charge is 0.349 e. The van der Waals surface area contributed by atoms with Crippen LogP contribution in [0.5, 0.6) is 0 Å². The summed E-state index contributed by atoms with van der Waals surface area (Å²) in [5, 5.41) is 4.71. The van der Waals surface area contributed by atoms with Crippen LogP contribution in [0.25, 0.3) is 11.1 Å². The number of nitrogens with one attached hydrogen (secondary N) is 1. The lowest BCUT2D eigenvalue weighted by Gasteiger charge is -2.13. The Kier molecular flexibility index (Phi) is 4.48. The van der Waals surface area contributed by atoms with E-state index in [4.69, 9.17) is 4.74 Å². The number of rotatable bonds is 5. The minimum Gasteiger partial charge on any atom is -0.448 e. The van der Waals surface area contributed by atoms with Gasteiger partial charge in [0.2, 0.25) is 0 Å². The topological polar surface area (TPSA) is 55.4 Å². The summed E-state index contributed by atoms with van der Waals surface area (Å²) >= 11 is 1.33. The number of amides is 1. The third kappa shape index (κ3) is 3.79. The van der Waals surface area contributed by atoms with E-state index in [1.54, 1.807) is 6.92 Å². The second kappa shape index (κ2) is 6.54. The van der Waals surface area contributed by atoms with Crippen molar-refractivity contribution in [2.75, 3.05) is 0 Å². The molecule has 2 aromatic rings. The van der Waals surface area contributed by atoms with E-state index >= 15 is 0 Å². The van der Waals surface area contributed by atoms with E-state index in [0.717, 1.165) is 24.0 Å². The molecule has 1 N–H and O–H groups in total. The Morgan fingerprint density at radius 1 is 1.22 bits per heavy atom. The third-order valence-corrected chi connectivity index (χ3v) is 4.68. The summed E-state index contributed by atoms with van der Waals surface area (Å²) in [6.07, 6.45) is 1.24. The van der Waals surface area contributed by atoms with Gasteiger partial charge >= 0.3 is 5.97 Å². The van der Waals surface area contributed by atoms with E-state index in [0.29, 0.717) is 4.88 Å². The zero-order valence-corrected chi connectivity index (χ0v) is 14.0. The number of benzene rings is 1. The van der Waals surface area contributed by atoms with Crippen molar-refractivity contribution in [2.45, 2.75) is 38.8 Å². The quantitative estimate of drug-likeness (QED) is 0.854. The summed E-state index contributed by atoms with van der Waals surface area (Å²) in [4.78, 5) is 24.8. The molecule has 0 bridgehead atoms. The van der Waals surface area contributed by atoms with Crippen molar-refractivity contribution in [3.05, 3.63) is 46.2 Å². The highest BCUT2D eigenvalue weighted by Crippen LogP contribution is 2.29. The molecule has 3 rings (SSSR count). The van der Waals surface area contributed by atoms with Crippen molar-refractivity contribution in [3.63, 3.8) is 0 Å². The number of carbonyl (C=O) groups excluding carboxylic acids is 2. The summed E-state index contributed by atoms with van der Waals surface area (Å²) in [6, 6.07) is 10.1. The summed E-state index contributed by atoms with van der Waals surface area (Å²) in [5.41, 5.74) is 2.98. The van der Waals surface area contributed by atoms with Gasteiger partial charge in [-0.1, -0.05) is 29.8 Å². The van der Waals surface area contributed by atoms with Gasteiger partial charge in [0.1, 0.15) is 4.88 Å². The lowest BCUT2D eigenvalue weighted by atomic mass is 10.1. The van der Waals surface area contributed by atoms with Gasteiger partial charge in [0.15, 0.2) is 6.10 Å². The van der Waals surface area contributed by atoms with Crippen molar-refractivity contribution in [3.8, 4) is 11.1 Å². The minimum absolute atomic E-state index is 0.228. The van der Waals surface area contributed by atoms with E-state index in [-0.39, 0.29) is 11.9 Å². The number of thiophene rings is 1. The first-order valence-electron chi connectivity index (χ1n) is 7.70. The highest BCUT2D eigenvalue weighted by molar-refractivity contribution is 7.12. The van der Waals surface area contributed by atoms with Gasteiger partial charge in [0, 0.05) is 11.6 Å². The molecule has 0 aliphatic heterocycles. The van der Waals surface area contributed by atoms with E-state index in [1.165, 1.54) is 16.9 Å². The van der Waals surface area contributed by atoms with Crippen molar-refractivity contribution >= 4 is 23.2 Å². The third-order valence-electron chi connectivity index (χ3n) is 3.79. The van der Waals surface area contributed by atoms with Crippen LogP contribution in [0, 0.1) is 6.92 Å². The van der Waals surface area contributed by atoms with Crippen LogP contribution in [0.15, 0.2) is 35.7 Å². The molecule has 0 unspecified atom stereocenters. The number of ether oxygens (including phenoxy) is 1. The Morgan fingerprint density at radius 2 is 1.91 bits per heavy atom. The molecule has 1 atom stereocenters. The molecule has 0 spiro atoms. The van der Waals surface area contributed by atoms with Crippen LogP contribution in [-0.2, 0) is 9.53 Å². The molecule has 1 aromatic carbocycles. The van der Waals surface area contributed by atoms with Gasteiger partial charge < -0.3 is 10.1 Å². The second-order valence-corrected chi connectivity index (χ2v) is 6.78. The monoisotopic (exact) mass is 329 g/mol. The Labute approximate surface area is 139 Å². The molecule has 1 amide bonds. The fourth-order valence-electron chi connectivity index (χ4n) is 2.24. The highest BCUT2D eigenvalue weighted by Gasteiger charge is 2.28. The minimum atomic E-state index is -0.781. The van der Waals surface area contributed by atoms with Crippen molar-refractivity contribution in [1.82, 2.24) is 5.32 Å². The van der Waals surface area contributed by atoms with Crippen molar-refractivity contribution < 1.29 is 14.3 Å². The van der Waals surface area contributed by atoms with Gasteiger partial charge in [-0.05, 0) is 43.7 Å². The first-order valence-corrected chi connectivity index (χ1v) is 8.58. The zero-order valence-electron chi connectivity index (χ0n) is 13.2. The fourth-order valence-corrected chi connectivity index (χ4v) is 3.04. The predicted molar refractivity (Wildman–Crippen MR) is 90.5 cm³/mol. The Bertz CT molecular complexity index is 716. The number of aryl methyl sites for hydroxylation is 1. The van der Waals surface area contributed by atoms with Gasteiger partial charge in [-0.15, -0.1) is 11.3 Å². The van der Waals surface area contributed by atoms with Gasteiger partial charge in [-0.2, -0.15) is 0 Å². The molecule has 1 aliphatic rings. The summed E-state index contributed by atoms with van der Waals surface area (Å²) in [5.74, 6) is -0.677. The van der Waals surface area contributed by atoms with E-state index in [1.807, 2.05) is 42.6 Å². The Morgan fingerprint density at radius 3 is 2.57 bits per heavy atom. The number of hydrogen-bond donors (Lipinski definition) is 1. The normalized spacial score (nSPS) is 15.0. The van der Waals surface area contributed by atoms with E-state index in [9.17, 15) is 9.59 Å². The second-order valence-electron chi connectivity index (χ2n) is 5.86. The molecule has 1 saturated carbocycles. The predicted octanol–water partition coefficient (Wildman–Crippen LogP) is 3.55. The maximum absolute atomic E-state index is 12.4.